The highest BCUT2D eigenvalue weighted by molar-refractivity contribution is 5.94. The Bertz CT molecular complexity index is 719. The first-order valence-electron chi connectivity index (χ1n) is 8.83. The highest BCUT2D eigenvalue weighted by atomic mass is 16.2. The Morgan fingerprint density at radius 3 is 2.88 bits per heavy atom. The number of pyridine rings is 1. The van der Waals surface area contributed by atoms with Crippen LogP contribution in [0.5, 0.6) is 0 Å². The lowest BCUT2D eigenvalue weighted by Crippen LogP contribution is -2.39. The fourth-order valence-electron chi connectivity index (χ4n) is 3.44. The average Bonchev–Trinajstić information content (AvgIpc) is 3.30. The molecule has 1 amide bonds. The molecule has 1 aliphatic carbocycles. The van der Waals surface area contributed by atoms with E-state index in [1.807, 2.05) is 30.3 Å². The lowest BCUT2D eigenvalue weighted by molar-refractivity contribution is 0.0593. The summed E-state index contributed by atoms with van der Waals surface area (Å²) in [7, 11) is 0. The van der Waals surface area contributed by atoms with Crippen molar-refractivity contribution in [1.29, 1.82) is 0 Å². The fourth-order valence-corrected chi connectivity index (χ4v) is 3.44. The largest absolute Gasteiger partial charge is 0.328 e. The Labute approximate surface area is 141 Å². The summed E-state index contributed by atoms with van der Waals surface area (Å²) in [6, 6.07) is 3.78. The van der Waals surface area contributed by atoms with Gasteiger partial charge in [-0.1, -0.05) is 0 Å². The summed E-state index contributed by atoms with van der Waals surface area (Å²) in [5, 5.41) is 8.48. The van der Waals surface area contributed by atoms with Crippen LogP contribution in [-0.4, -0.2) is 37.1 Å². The standard InChI is InChI=1S/C18H23N5O/c1-13-5-8-15(10-19-13)18(24)23-9-3-2-4-16(23)17-21-20-12-22(17)11-14-6-7-14/h5,8,10,12,14,16H,2-4,6-7,9,11H2,1H3. The van der Waals surface area contributed by atoms with Gasteiger partial charge in [0.2, 0.25) is 0 Å². The molecule has 6 nitrogen and oxygen atoms in total. The quantitative estimate of drug-likeness (QED) is 0.867. The molecule has 6 heteroatoms. The van der Waals surface area contributed by atoms with Crippen molar-refractivity contribution in [2.75, 3.05) is 6.54 Å². The van der Waals surface area contributed by atoms with Crippen molar-refractivity contribution in [2.24, 2.45) is 5.92 Å². The number of hydrogen-bond donors (Lipinski definition) is 0. The molecule has 1 aliphatic heterocycles. The number of aromatic nitrogens is 4. The Morgan fingerprint density at radius 2 is 2.12 bits per heavy atom. The van der Waals surface area contributed by atoms with E-state index in [0.717, 1.165) is 49.8 Å². The number of piperidine rings is 1. The Balaban J connectivity index is 1.59. The Kier molecular flexibility index (Phi) is 4.04. The van der Waals surface area contributed by atoms with Gasteiger partial charge in [0.1, 0.15) is 6.33 Å². The molecular formula is C18H23N5O. The van der Waals surface area contributed by atoms with Crippen LogP contribution < -0.4 is 0 Å². The van der Waals surface area contributed by atoms with E-state index in [1.165, 1.54) is 12.8 Å². The molecule has 0 N–H and O–H groups in total. The summed E-state index contributed by atoms with van der Waals surface area (Å²) in [6.07, 6.45) is 9.19. The number of hydrogen-bond acceptors (Lipinski definition) is 4. The SMILES string of the molecule is Cc1ccc(C(=O)N2CCCCC2c2nncn2CC2CC2)cn1. The minimum atomic E-state index is 0.0220. The third-order valence-corrected chi connectivity index (χ3v) is 5.02. The third-order valence-electron chi connectivity index (χ3n) is 5.02. The van der Waals surface area contributed by atoms with E-state index in [-0.39, 0.29) is 11.9 Å². The maximum Gasteiger partial charge on any atom is 0.256 e. The first-order chi connectivity index (χ1) is 11.7. The Hall–Kier alpha value is -2.24. The van der Waals surface area contributed by atoms with Gasteiger partial charge in [-0.05, 0) is 57.1 Å². The number of rotatable bonds is 4. The molecule has 3 heterocycles. The molecule has 2 fully saturated rings. The highest BCUT2D eigenvalue weighted by Crippen LogP contribution is 2.34. The zero-order valence-electron chi connectivity index (χ0n) is 14.1. The van der Waals surface area contributed by atoms with Crippen LogP contribution in [0.2, 0.25) is 0 Å². The predicted octanol–water partition coefficient (Wildman–Crippen LogP) is 2.76. The van der Waals surface area contributed by atoms with E-state index in [4.69, 9.17) is 0 Å². The summed E-state index contributed by atoms with van der Waals surface area (Å²) in [5.74, 6) is 1.75. The van der Waals surface area contributed by atoms with E-state index in [0.29, 0.717) is 5.56 Å². The van der Waals surface area contributed by atoms with Gasteiger partial charge in [0.15, 0.2) is 5.82 Å². The molecule has 126 valence electrons. The molecule has 4 rings (SSSR count). The first-order valence-corrected chi connectivity index (χ1v) is 8.83. The van der Waals surface area contributed by atoms with E-state index >= 15 is 0 Å². The second-order valence-corrected chi connectivity index (χ2v) is 6.98. The molecule has 2 aromatic rings. The number of aryl methyl sites for hydroxylation is 1. The van der Waals surface area contributed by atoms with Gasteiger partial charge >= 0.3 is 0 Å². The molecule has 0 aromatic carbocycles. The van der Waals surface area contributed by atoms with E-state index < -0.39 is 0 Å². The summed E-state index contributed by atoms with van der Waals surface area (Å²) in [6.45, 7) is 3.68. The zero-order valence-corrected chi connectivity index (χ0v) is 14.1. The second kappa shape index (κ2) is 6.34. The third kappa shape index (κ3) is 3.05. The Morgan fingerprint density at radius 1 is 1.25 bits per heavy atom. The van der Waals surface area contributed by atoms with Gasteiger partial charge in [0, 0.05) is 25.0 Å². The minimum absolute atomic E-state index is 0.0220. The molecule has 2 aliphatic rings. The molecule has 2 aromatic heterocycles. The number of nitrogens with zero attached hydrogens (tertiary/aromatic N) is 5. The summed E-state index contributed by atoms with van der Waals surface area (Å²) >= 11 is 0. The maximum atomic E-state index is 13.0. The minimum Gasteiger partial charge on any atom is -0.328 e. The molecule has 0 radical (unpaired) electrons. The van der Waals surface area contributed by atoms with Gasteiger partial charge in [0.05, 0.1) is 11.6 Å². The smallest absolute Gasteiger partial charge is 0.256 e. The molecule has 1 atom stereocenters. The molecular weight excluding hydrogens is 302 g/mol. The monoisotopic (exact) mass is 325 g/mol. The number of carbonyl (C=O) groups excluding carboxylic acids is 1. The maximum absolute atomic E-state index is 13.0. The zero-order chi connectivity index (χ0) is 16.5. The van der Waals surface area contributed by atoms with Crippen molar-refractivity contribution < 1.29 is 4.79 Å². The summed E-state index contributed by atoms with van der Waals surface area (Å²) in [4.78, 5) is 19.2. The van der Waals surface area contributed by atoms with Crippen LogP contribution in [0.15, 0.2) is 24.7 Å². The number of likely N-dealkylation sites (tertiary alicyclic amines) is 1. The van der Waals surface area contributed by atoms with Crippen LogP contribution in [-0.2, 0) is 6.54 Å². The molecule has 1 unspecified atom stereocenters. The van der Waals surface area contributed by atoms with Crippen molar-refractivity contribution >= 4 is 5.91 Å². The van der Waals surface area contributed by atoms with Gasteiger partial charge in [0.25, 0.3) is 5.91 Å². The van der Waals surface area contributed by atoms with Gasteiger partial charge in [-0.15, -0.1) is 10.2 Å². The highest BCUT2D eigenvalue weighted by Gasteiger charge is 2.33. The van der Waals surface area contributed by atoms with Crippen LogP contribution in [0.4, 0.5) is 0 Å². The van der Waals surface area contributed by atoms with E-state index in [2.05, 4.69) is 19.7 Å². The van der Waals surface area contributed by atoms with Crippen LogP contribution >= 0.6 is 0 Å². The lowest BCUT2D eigenvalue weighted by atomic mass is 10.00. The van der Waals surface area contributed by atoms with Gasteiger partial charge in [-0.25, -0.2) is 0 Å². The van der Waals surface area contributed by atoms with Crippen molar-refractivity contribution in [3.8, 4) is 0 Å². The topological polar surface area (TPSA) is 63.9 Å². The van der Waals surface area contributed by atoms with Crippen molar-refractivity contribution in [2.45, 2.75) is 51.6 Å². The lowest BCUT2D eigenvalue weighted by Gasteiger charge is -2.35. The van der Waals surface area contributed by atoms with Crippen LogP contribution in [0, 0.1) is 12.8 Å². The molecule has 1 saturated carbocycles. The average molecular weight is 325 g/mol. The van der Waals surface area contributed by atoms with Crippen molar-refractivity contribution in [3.63, 3.8) is 0 Å². The first kappa shape index (κ1) is 15.3. The fraction of sp³-hybridized carbons (Fsp3) is 0.556. The van der Waals surface area contributed by atoms with Gasteiger partial charge in [-0.2, -0.15) is 0 Å². The number of amides is 1. The van der Waals surface area contributed by atoms with Crippen LogP contribution in [0.3, 0.4) is 0 Å². The van der Waals surface area contributed by atoms with Crippen molar-refractivity contribution in [1.82, 2.24) is 24.6 Å². The molecule has 0 bridgehead atoms. The van der Waals surface area contributed by atoms with Gasteiger partial charge in [-0.3, -0.25) is 9.78 Å². The summed E-state index contributed by atoms with van der Waals surface area (Å²) < 4.78 is 2.15. The molecule has 24 heavy (non-hydrogen) atoms. The normalized spacial score (nSPS) is 21.0. The van der Waals surface area contributed by atoms with Gasteiger partial charge < -0.3 is 9.47 Å². The molecule has 0 spiro atoms. The van der Waals surface area contributed by atoms with Crippen LogP contribution in [0.1, 0.15) is 60.0 Å². The summed E-state index contributed by atoms with van der Waals surface area (Å²) in [5.41, 5.74) is 1.58. The number of carbonyl (C=O) groups is 1. The predicted molar refractivity (Wildman–Crippen MR) is 89.3 cm³/mol. The second-order valence-electron chi connectivity index (χ2n) is 6.98. The molecule has 1 saturated heterocycles. The van der Waals surface area contributed by atoms with Crippen LogP contribution in [0.25, 0.3) is 0 Å². The van der Waals surface area contributed by atoms with E-state index in [9.17, 15) is 4.79 Å². The van der Waals surface area contributed by atoms with Crippen molar-refractivity contribution in [3.05, 3.63) is 41.7 Å². The van der Waals surface area contributed by atoms with E-state index in [1.54, 1.807) is 6.20 Å².